The van der Waals surface area contributed by atoms with Gasteiger partial charge < -0.3 is 19.6 Å². The monoisotopic (exact) mass is 458 g/mol. The number of ether oxygens (including phenoxy) is 1. The molecule has 182 valence electrons. The lowest BCUT2D eigenvalue weighted by Crippen LogP contribution is -2.27. The van der Waals surface area contributed by atoms with Crippen molar-refractivity contribution in [1.29, 1.82) is 0 Å². The highest BCUT2D eigenvalue weighted by atomic mass is 16.5. The van der Waals surface area contributed by atoms with Crippen LogP contribution in [0.2, 0.25) is 0 Å². The Kier molecular flexibility index (Phi) is 8.59. The Morgan fingerprint density at radius 1 is 1.09 bits per heavy atom. The first-order valence-electron chi connectivity index (χ1n) is 12.9. The number of aliphatic carboxylic acids is 1. The average Bonchev–Trinajstić information content (AvgIpc) is 3.55. The number of nitrogens with zero attached hydrogens (tertiary/aromatic N) is 1. The van der Waals surface area contributed by atoms with Crippen LogP contribution in [0, 0.1) is 11.8 Å². The lowest BCUT2D eigenvalue weighted by atomic mass is 9.77. The van der Waals surface area contributed by atoms with Gasteiger partial charge in [0, 0.05) is 18.9 Å². The van der Waals surface area contributed by atoms with Crippen LogP contribution >= 0.6 is 0 Å². The van der Waals surface area contributed by atoms with Crippen LogP contribution in [-0.2, 0) is 9.53 Å². The number of unbranched alkanes of at least 4 members (excludes halogenated alkanes) is 1. The molecule has 0 spiro atoms. The number of fused-ring (bicyclic) bond motifs is 2. The Morgan fingerprint density at radius 3 is 2.73 bits per heavy atom. The Labute approximate surface area is 196 Å². The number of carboxylic acids is 1. The summed E-state index contributed by atoms with van der Waals surface area (Å²) in [5.74, 6) is 0.821. The standard InChI is InChI=1S/C26H38N2O5/c29-23(30)13-6-2-5-12-19-21-14-15-22(33-21)24(19)26-28-20(17-32-26)25(31)27-16-8-7-11-18-9-3-1-4-10-18/h2,5,17-19,21-22,24H,1,3-4,6-16H2,(H,27,31)(H,29,30)/t19-,21-,22+,24-/m0/s1. The van der Waals surface area contributed by atoms with Crippen molar-refractivity contribution in [3.05, 3.63) is 30.0 Å². The Bertz CT molecular complexity index is 813. The van der Waals surface area contributed by atoms with Crippen molar-refractivity contribution in [1.82, 2.24) is 10.3 Å². The first kappa shape index (κ1) is 24.0. The molecule has 1 aliphatic carbocycles. The third kappa shape index (κ3) is 6.46. The molecule has 2 bridgehead atoms. The first-order valence-corrected chi connectivity index (χ1v) is 12.9. The van der Waals surface area contributed by atoms with Crippen LogP contribution in [0.15, 0.2) is 22.8 Å². The van der Waals surface area contributed by atoms with Gasteiger partial charge in [-0.2, -0.15) is 0 Å². The minimum Gasteiger partial charge on any atom is -0.481 e. The molecular formula is C26H38N2O5. The van der Waals surface area contributed by atoms with Crippen molar-refractivity contribution in [2.24, 2.45) is 11.8 Å². The van der Waals surface area contributed by atoms with Crippen molar-refractivity contribution in [2.45, 2.75) is 102 Å². The predicted molar refractivity (Wildman–Crippen MR) is 124 cm³/mol. The lowest BCUT2D eigenvalue weighted by molar-refractivity contribution is -0.136. The van der Waals surface area contributed by atoms with E-state index in [-0.39, 0.29) is 36.4 Å². The van der Waals surface area contributed by atoms with Crippen LogP contribution in [0.3, 0.4) is 0 Å². The number of amides is 1. The number of carboxylic acid groups (broad SMARTS) is 1. The zero-order valence-corrected chi connectivity index (χ0v) is 19.5. The molecule has 3 heterocycles. The maximum atomic E-state index is 12.6. The molecule has 0 aromatic carbocycles. The number of oxazole rings is 1. The fraction of sp³-hybridized carbons (Fsp3) is 0.731. The molecule has 7 nitrogen and oxygen atoms in total. The van der Waals surface area contributed by atoms with E-state index in [1.807, 2.05) is 6.08 Å². The molecule has 4 rings (SSSR count). The van der Waals surface area contributed by atoms with E-state index < -0.39 is 5.97 Å². The second-order valence-electron chi connectivity index (χ2n) is 9.95. The van der Waals surface area contributed by atoms with E-state index in [9.17, 15) is 9.59 Å². The molecule has 1 aromatic heterocycles. The van der Waals surface area contributed by atoms with E-state index >= 15 is 0 Å². The molecule has 3 aliphatic rings. The largest absolute Gasteiger partial charge is 0.481 e. The summed E-state index contributed by atoms with van der Waals surface area (Å²) in [7, 11) is 0. The van der Waals surface area contributed by atoms with E-state index in [1.165, 1.54) is 51.2 Å². The summed E-state index contributed by atoms with van der Waals surface area (Å²) in [6.45, 7) is 0.675. The lowest BCUT2D eigenvalue weighted by Gasteiger charge is -2.24. The van der Waals surface area contributed by atoms with Crippen LogP contribution < -0.4 is 5.32 Å². The van der Waals surface area contributed by atoms with E-state index in [2.05, 4.69) is 16.4 Å². The van der Waals surface area contributed by atoms with Gasteiger partial charge in [0.15, 0.2) is 5.69 Å². The average molecular weight is 459 g/mol. The summed E-state index contributed by atoms with van der Waals surface area (Å²) in [5, 5.41) is 11.8. The van der Waals surface area contributed by atoms with Crippen LogP contribution in [-0.4, -0.2) is 40.7 Å². The minimum atomic E-state index is -0.782. The molecule has 0 unspecified atom stereocenters. The van der Waals surface area contributed by atoms with Crippen LogP contribution in [0.4, 0.5) is 0 Å². The van der Waals surface area contributed by atoms with Gasteiger partial charge in [-0.3, -0.25) is 9.59 Å². The highest BCUT2D eigenvalue weighted by Gasteiger charge is 2.51. The number of carbonyl (C=O) groups is 2. The molecule has 7 heteroatoms. The van der Waals surface area contributed by atoms with Crippen LogP contribution in [0.25, 0.3) is 0 Å². The molecule has 4 atom stereocenters. The van der Waals surface area contributed by atoms with Crippen LogP contribution in [0.5, 0.6) is 0 Å². The predicted octanol–water partition coefficient (Wildman–Crippen LogP) is 5.23. The van der Waals surface area contributed by atoms with Gasteiger partial charge in [0.05, 0.1) is 18.1 Å². The maximum Gasteiger partial charge on any atom is 0.303 e. The number of hydrogen-bond donors (Lipinski definition) is 2. The number of aromatic nitrogens is 1. The van der Waals surface area contributed by atoms with E-state index in [0.717, 1.165) is 31.6 Å². The summed E-state index contributed by atoms with van der Waals surface area (Å²) in [5.41, 5.74) is 0.343. The molecule has 3 fully saturated rings. The van der Waals surface area contributed by atoms with Gasteiger partial charge >= 0.3 is 5.97 Å². The third-order valence-corrected chi connectivity index (χ3v) is 7.61. The quantitative estimate of drug-likeness (QED) is 0.329. The summed E-state index contributed by atoms with van der Waals surface area (Å²) < 4.78 is 11.9. The van der Waals surface area contributed by atoms with Gasteiger partial charge in [-0.05, 0) is 38.0 Å². The molecule has 2 aliphatic heterocycles. The van der Waals surface area contributed by atoms with Gasteiger partial charge in [0.25, 0.3) is 5.91 Å². The van der Waals surface area contributed by atoms with E-state index in [1.54, 1.807) is 0 Å². The summed E-state index contributed by atoms with van der Waals surface area (Å²) >= 11 is 0. The highest BCUT2D eigenvalue weighted by Crippen LogP contribution is 2.50. The summed E-state index contributed by atoms with van der Waals surface area (Å²) in [6.07, 6.45) is 19.6. The molecule has 33 heavy (non-hydrogen) atoms. The second-order valence-corrected chi connectivity index (χ2v) is 9.95. The first-order chi connectivity index (χ1) is 16.1. The fourth-order valence-corrected chi connectivity index (χ4v) is 5.87. The minimum absolute atomic E-state index is 0.0462. The third-order valence-electron chi connectivity index (χ3n) is 7.61. The molecule has 2 saturated heterocycles. The second kappa shape index (κ2) is 11.8. The molecular weight excluding hydrogens is 420 g/mol. The van der Waals surface area contributed by atoms with E-state index in [0.29, 0.717) is 24.6 Å². The van der Waals surface area contributed by atoms with Gasteiger partial charge in [-0.25, -0.2) is 4.98 Å². The molecule has 0 radical (unpaired) electrons. The Balaban J connectivity index is 1.23. The van der Waals surface area contributed by atoms with Crippen molar-refractivity contribution in [3.63, 3.8) is 0 Å². The van der Waals surface area contributed by atoms with Gasteiger partial charge in [0.2, 0.25) is 5.89 Å². The van der Waals surface area contributed by atoms with Crippen molar-refractivity contribution in [2.75, 3.05) is 6.54 Å². The molecule has 2 N–H and O–H groups in total. The van der Waals surface area contributed by atoms with Gasteiger partial charge in [-0.1, -0.05) is 57.1 Å². The number of allylic oxidation sites excluding steroid dienone is 2. The Morgan fingerprint density at radius 2 is 1.91 bits per heavy atom. The zero-order chi connectivity index (χ0) is 23.0. The topological polar surface area (TPSA) is 102 Å². The molecule has 1 amide bonds. The zero-order valence-electron chi connectivity index (χ0n) is 19.5. The van der Waals surface area contributed by atoms with Crippen molar-refractivity contribution in [3.8, 4) is 0 Å². The molecule has 1 aromatic rings. The fourth-order valence-electron chi connectivity index (χ4n) is 5.87. The van der Waals surface area contributed by atoms with E-state index in [4.69, 9.17) is 14.3 Å². The van der Waals surface area contributed by atoms with Gasteiger partial charge in [-0.15, -0.1) is 0 Å². The van der Waals surface area contributed by atoms with Crippen molar-refractivity contribution >= 4 is 11.9 Å². The van der Waals surface area contributed by atoms with Crippen LogP contribution in [0.1, 0.15) is 106 Å². The number of nitrogens with one attached hydrogen (secondary N) is 1. The number of hydrogen-bond acceptors (Lipinski definition) is 5. The SMILES string of the molecule is O=C(O)CCC=CC[C@@H]1[C@H](c2nc(C(=O)NCCCCC3CCCCC3)co2)[C@H]2CC[C@@H]1O2. The summed E-state index contributed by atoms with van der Waals surface area (Å²) in [6, 6.07) is 0. The van der Waals surface area contributed by atoms with Crippen molar-refractivity contribution < 1.29 is 23.8 Å². The number of carbonyl (C=O) groups excluding carboxylic acids is 1. The summed E-state index contributed by atoms with van der Waals surface area (Å²) in [4.78, 5) is 27.8. The Hall–Kier alpha value is -2.15. The molecule has 1 saturated carbocycles. The normalized spacial score (nSPS) is 27.4. The van der Waals surface area contributed by atoms with Gasteiger partial charge in [0.1, 0.15) is 6.26 Å². The smallest absolute Gasteiger partial charge is 0.303 e. The maximum absolute atomic E-state index is 12.6. The highest BCUT2D eigenvalue weighted by molar-refractivity contribution is 5.91. The number of rotatable bonds is 12.